The highest BCUT2D eigenvalue weighted by Gasteiger charge is 2.18. The van der Waals surface area contributed by atoms with E-state index in [2.05, 4.69) is 4.98 Å². The average molecular weight is 246 g/mol. The first-order valence-electron chi connectivity index (χ1n) is 5.78. The van der Waals surface area contributed by atoms with Crippen LogP contribution in [0.5, 0.6) is 11.5 Å². The third-order valence-corrected chi connectivity index (χ3v) is 2.95. The molecule has 18 heavy (non-hydrogen) atoms. The number of benzene rings is 1. The molecule has 0 atom stereocenters. The normalized spacial score (nSPS) is 13.7. The number of anilines is 1. The zero-order chi connectivity index (χ0) is 12.7. The zero-order valence-electron chi connectivity index (χ0n) is 10.3. The molecule has 0 saturated carbocycles. The molecule has 1 aliphatic heterocycles. The van der Waals surface area contributed by atoms with Crippen molar-refractivity contribution < 1.29 is 13.9 Å². The van der Waals surface area contributed by atoms with Crippen LogP contribution in [0, 0.1) is 13.8 Å². The van der Waals surface area contributed by atoms with Crippen LogP contribution in [0.25, 0.3) is 11.3 Å². The molecular formula is C13H14N2O3. The van der Waals surface area contributed by atoms with Gasteiger partial charge in [-0.15, -0.1) is 0 Å². The van der Waals surface area contributed by atoms with Crippen LogP contribution in [0.2, 0.25) is 0 Å². The lowest BCUT2D eigenvalue weighted by Crippen LogP contribution is -2.15. The van der Waals surface area contributed by atoms with E-state index in [0.717, 1.165) is 28.3 Å². The number of nitrogens with two attached hydrogens (primary N) is 1. The zero-order valence-corrected chi connectivity index (χ0v) is 10.3. The molecule has 1 aliphatic rings. The maximum Gasteiger partial charge on any atom is 0.292 e. The van der Waals surface area contributed by atoms with E-state index in [0.29, 0.717) is 19.0 Å². The Morgan fingerprint density at radius 2 is 1.78 bits per heavy atom. The maximum atomic E-state index is 5.57. The van der Waals surface area contributed by atoms with Crippen molar-refractivity contribution in [3.63, 3.8) is 0 Å². The number of ether oxygens (including phenoxy) is 2. The molecule has 5 nitrogen and oxygen atoms in total. The van der Waals surface area contributed by atoms with Gasteiger partial charge in [0.05, 0.1) is 5.69 Å². The van der Waals surface area contributed by atoms with Crippen molar-refractivity contribution in [2.75, 3.05) is 18.9 Å². The Balaban J connectivity index is 2.15. The molecule has 94 valence electrons. The summed E-state index contributed by atoms with van der Waals surface area (Å²) in [5.41, 5.74) is 8.31. The summed E-state index contributed by atoms with van der Waals surface area (Å²) in [5, 5.41) is 0. The third kappa shape index (κ3) is 1.68. The van der Waals surface area contributed by atoms with Crippen molar-refractivity contribution in [2.45, 2.75) is 13.8 Å². The number of hydrogen-bond donors (Lipinski definition) is 1. The van der Waals surface area contributed by atoms with Gasteiger partial charge in [0.25, 0.3) is 6.01 Å². The van der Waals surface area contributed by atoms with Gasteiger partial charge in [-0.1, -0.05) is 0 Å². The van der Waals surface area contributed by atoms with E-state index in [1.54, 1.807) is 0 Å². The topological polar surface area (TPSA) is 70.5 Å². The summed E-state index contributed by atoms with van der Waals surface area (Å²) in [4.78, 5) is 4.08. The van der Waals surface area contributed by atoms with Gasteiger partial charge in [-0.05, 0) is 31.5 Å². The van der Waals surface area contributed by atoms with E-state index in [1.807, 2.05) is 26.0 Å². The van der Waals surface area contributed by atoms with Crippen molar-refractivity contribution >= 4 is 6.01 Å². The van der Waals surface area contributed by atoms with Gasteiger partial charge in [0, 0.05) is 5.56 Å². The Bertz CT molecular complexity index is 605. The molecule has 0 aliphatic carbocycles. The molecular weight excluding hydrogens is 232 g/mol. The maximum absolute atomic E-state index is 5.57. The van der Waals surface area contributed by atoms with Crippen LogP contribution in [-0.4, -0.2) is 18.2 Å². The standard InChI is InChI=1S/C13H14N2O3/c1-7-5-10-11(17-4-3-16-10)6-9(7)12-8(2)15-13(14)18-12/h5-6H,3-4H2,1-2H3,(H2,14,15). The molecule has 2 aromatic rings. The first kappa shape index (κ1) is 11.0. The van der Waals surface area contributed by atoms with E-state index in [1.165, 1.54) is 0 Å². The minimum atomic E-state index is 0.178. The highest BCUT2D eigenvalue weighted by atomic mass is 16.6. The first-order chi connectivity index (χ1) is 8.65. The second-order valence-electron chi connectivity index (χ2n) is 4.28. The number of oxazole rings is 1. The number of fused-ring (bicyclic) bond motifs is 1. The molecule has 3 rings (SSSR count). The fraction of sp³-hybridized carbons (Fsp3) is 0.308. The van der Waals surface area contributed by atoms with E-state index < -0.39 is 0 Å². The van der Waals surface area contributed by atoms with Gasteiger partial charge in [0.2, 0.25) is 0 Å². The van der Waals surface area contributed by atoms with E-state index >= 15 is 0 Å². The fourth-order valence-electron chi connectivity index (χ4n) is 2.10. The summed E-state index contributed by atoms with van der Waals surface area (Å²) in [6.45, 7) is 5.00. The lowest BCUT2D eigenvalue weighted by atomic mass is 10.0. The van der Waals surface area contributed by atoms with Crippen molar-refractivity contribution in [1.82, 2.24) is 4.98 Å². The molecule has 1 aromatic carbocycles. The second-order valence-corrected chi connectivity index (χ2v) is 4.28. The lowest BCUT2D eigenvalue weighted by molar-refractivity contribution is 0.171. The minimum Gasteiger partial charge on any atom is -0.486 e. The number of aromatic nitrogens is 1. The molecule has 0 amide bonds. The molecule has 2 N–H and O–H groups in total. The van der Waals surface area contributed by atoms with Gasteiger partial charge in [-0.3, -0.25) is 0 Å². The van der Waals surface area contributed by atoms with Gasteiger partial charge in [-0.2, -0.15) is 4.98 Å². The van der Waals surface area contributed by atoms with Crippen molar-refractivity contribution in [1.29, 1.82) is 0 Å². The Hall–Kier alpha value is -2.17. The predicted molar refractivity (Wildman–Crippen MR) is 66.8 cm³/mol. The van der Waals surface area contributed by atoms with Crippen LogP contribution in [-0.2, 0) is 0 Å². The second kappa shape index (κ2) is 3.94. The van der Waals surface area contributed by atoms with Crippen LogP contribution in [0.15, 0.2) is 16.5 Å². The molecule has 2 heterocycles. The van der Waals surface area contributed by atoms with Crippen LogP contribution >= 0.6 is 0 Å². The molecule has 0 radical (unpaired) electrons. The molecule has 0 bridgehead atoms. The SMILES string of the molecule is Cc1cc2c(cc1-c1oc(N)nc1C)OCCO2. The van der Waals surface area contributed by atoms with Gasteiger partial charge in [0.1, 0.15) is 13.2 Å². The van der Waals surface area contributed by atoms with E-state index in [9.17, 15) is 0 Å². The van der Waals surface area contributed by atoms with E-state index in [-0.39, 0.29) is 6.01 Å². The average Bonchev–Trinajstić information content (AvgIpc) is 2.67. The van der Waals surface area contributed by atoms with Crippen LogP contribution in [0.3, 0.4) is 0 Å². The summed E-state index contributed by atoms with van der Waals surface area (Å²) in [5.74, 6) is 2.19. The molecule has 0 fully saturated rings. The Morgan fingerprint density at radius 3 is 2.39 bits per heavy atom. The third-order valence-electron chi connectivity index (χ3n) is 2.95. The Kier molecular flexibility index (Phi) is 2.40. The molecule has 5 heteroatoms. The summed E-state index contributed by atoms with van der Waals surface area (Å²) < 4.78 is 16.5. The van der Waals surface area contributed by atoms with Crippen molar-refractivity contribution in [2.24, 2.45) is 0 Å². The first-order valence-corrected chi connectivity index (χ1v) is 5.78. The molecule has 0 saturated heterocycles. The molecule has 0 unspecified atom stereocenters. The van der Waals surface area contributed by atoms with E-state index in [4.69, 9.17) is 19.6 Å². The summed E-state index contributed by atoms with van der Waals surface area (Å²) in [6.07, 6.45) is 0. The number of hydrogen-bond acceptors (Lipinski definition) is 5. The molecule has 0 spiro atoms. The Labute approximate surface area is 105 Å². The summed E-state index contributed by atoms with van der Waals surface area (Å²) >= 11 is 0. The highest BCUT2D eigenvalue weighted by molar-refractivity contribution is 5.69. The smallest absolute Gasteiger partial charge is 0.292 e. The minimum absolute atomic E-state index is 0.178. The summed E-state index contributed by atoms with van der Waals surface area (Å²) in [6, 6.07) is 4.04. The van der Waals surface area contributed by atoms with Crippen molar-refractivity contribution in [3.05, 3.63) is 23.4 Å². The monoisotopic (exact) mass is 246 g/mol. The largest absolute Gasteiger partial charge is 0.486 e. The van der Waals surface area contributed by atoms with Gasteiger partial charge < -0.3 is 19.6 Å². The van der Waals surface area contributed by atoms with Gasteiger partial charge in [0.15, 0.2) is 17.3 Å². The van der Waals surface area contributed by atoms with Gasteiger partial charge >= 0.3 is 0 Å². The quantitative estimate of drug-likeness (QED) is 0.836. The van der Waals surface area contributed by atoms with Crippen LogP contribution < -0.4 is 15.2 Å². The van der Waals surface area contributed by atoms with Crippen LogP contribution in [0.1, 0.15) is 11.3 Å². The number of rotatable bonds is 1. The van der Waals surface area contributed by atoms with Gasteiger partial charge in [-0.25, -0.2) is 0 Å². The highest BCUT2D eigenvalue weighted by Crippen LogP contribution is 2.38. The van der Waals surface area contributed by atoms with Crippen molar-refractivity contribution in [3.8, 4) is 22.8 Å². The fourth-order valence-corrected chi connectivity index (χ4v) is 2.10. The Morgan fingerprint density at radius 1 is 1.11 bits per heavy atom. The number of nitrogen functional groups attached to an aromatic ring is 1. The molecule has 1 aromatic heterocycles. The number of nitrogens with zero attached hydrogens (tertiary/aromatic N) is 1. The summed E-state index contributed by atoms with van der Waals surface area (Å²) in [7, 11) is 0. The predicted octanol–water partition coefficient (Wildman–Crippen LogP) is 2.31. The van der Waals surface area contributed by atoms with Crippen LogP contribution in [0.4, 0.5) is 6.01 Å². The number of aryl methyl sites for hydroxylation is 2. The lowest BCUT2D eigenvalue weighted by Gasteiger charge is -2.19.